The summed E-state index contributed by atoms with van der Waals surface area (Å²) in [5, 5.41) is 38.6. The second-order valence-corrected chi connectivity index (χ2v) is 19.6. The van der Waals surface area contributed by atoms with Crippen molar-refractivity contribution in [1.29, 1.82) is 0 Å². The van der Waals surface area contributed by atoms with E-state index in [1.54, 1.807) is 38.6 Å². The van der Waals surface area contributed by atoms with Crippen LogP contribution in [-0.2, 0) is 44.6 Å². The van der Waals surface area contributed by atoms with E-state index >= 15 is 0 Å². The summed E-state index contributed by atoms with van der Waals surface area (Å²) in [6, 6.07) is 15.5. The van der Waals surface area contributed by atoms with E-state index in [1.807, 2.05) is 62.4 Å². The molecule has 0 spiro atoms. The van der Waals surface area contributed by atoms with E-state index in [9.17, 15) is 39.3 Å². The molecule has 4 N–H and O–H groups in total. The summed E-state index contributed by atoms with van der Waals surface area (Å²) in [4.78, 5) is 66.2. The molecule has 2 aliphatic heterocycles. The van der Waals surface area contributed by atoms with Crippen molar-refractivity contribution in [2.45, 2.75) is 76.2 Å². The molecule has 61 heavy (non-hydrogen) atoms. The van der Waals surface area contributed by atoms with Crippen LogP contribution >= 0.6 is 45.2 Å². The molecule has 12 unspecified atom stereocenters. The number of rotatable bonds is 5. The number of aliphatic hydroxyl groups is 3. The van der Waals surface area contributed by atoms with Crippen molar-refractivity contribution < 1.29 is 58.6 Å². The molecule has 6 fully saturated rings. The molecule has 0 radical (unpaired) electrons. The maximum Gasteiger partial charge on any atom is 0.338 e. The molecule has 10 rings (SSSR count). The molecule has 18 heteroatoms. The SMILES string of the molecule is CC(C)(O)c1ccc(I)cc1.CC(C)(OC(=O)C1C2CC3C(OC(=O)C31)C2O)c1ccc(I)cc1.O=C(O)C1C2CC3C(OC(=O)C31)C2O.O=C(n1ccnc1)n1ccnc1. The molecule has 2 aromatic carbocycles. The average molecular weight is 1060 g/mol. The lowest BCUT2D eigenvalue weighted by Gasteiger charge is -2.32. The Bertz CT molecular complexity index is 2210. The number of carbonyl (C=O) groups excluding carboxylic acids is 4. The van der Waals surface area contributed by atoms with Gasteiger partial charge in [0.1, 0.15) is 30.5 Å². The number of carboxylic acids is 1. The molecule has 16 nitrogen and oxygen atoms in total. The topological polar surface area (TPSA) is 230 Å². The van der Waals surface area contributed by atoms with Gasteiger partial charge in [-0.2, -0.15) is 0 Å². The molecule has 4 heterocycles. The van der Waals surface area contributed by atoms with Crippen molar-refractivity contribution in [3.8, 4) is 0 Å². The number of carbonyl (C=O) groups is 5. The number of fused-ring (bicyclic) bond motifs is 2. The lowest BCUT2D eigenvalue weighted by molar-refractivity contribution is -0.169. The van der Waals surface area contributed by atoms with Gasteiger partial charge in [-0.3, -0.25) is 28.3 Å². The van der Waals surface area contributed by atoms with E-state index in [0.29, 0.717) is 12.8 Å². The van der Waals surface area contributed by atoms with Crippen LogP contribution < -0.4 is 0 Å². The van der Waals surface area contributed by atoms with E-state index in [2.05, 4.69) is 55.1 Å². The van der Waals surface area contributed by atoms with Crippen LogP contribution in [0.5, 0.6) is 0 Å². The van der Waals surface area contributed by atoms with Gasteiger partial charge in [0.05, 0.1) is 41.5 Å². The van der Waals surface area contributed by atoms with Crippen LogP contribution in [0.3, 0.4) is 0 Å². The quantitative estimate of drug-likeness (QED) is 0.122. The summed E-state index contributed by atoms with van der Waals surface area (Å²) >= 11 is 4.47. The van der Waals surface area contributed by atoms with E-state index in [1.165, 1.54) is 25.4 Å². The number of carboxylic acid groups (broad SMARTS) is 1. The normalized spacial score (nSPS) is 30.8. The summed E-state index contributed by atoms with van der Waals surface area (Å²) < 4.78 is 21.1. The van der Waals surface area contributed by atoms with Crippen molar-refractivity contribution in [2.24, 2.45) is 47.3 Å². The Hall–Kier alpha value is -4.25. The zero-order valence-corrected chi connectivity index (χ0v) is 37.8. The van der Waals surface area contributed by atoms with Crippen LogP contribution in [0.2, 0.25) is 0 Å². The maximum absolute atomic E-state index is 12.8. The van der Waals surface area contributed by atoms with Crippen LogP contribution in [0.25, 0.3) is 0 Å². The fraction of sp³-hybridized carbons (Fsp3) is 0.465. The van der Waals surface area contributed by atoms with Gasteiger partial charge < -0.3 is 34.6 Å². The number of aromatic nitrogens is 4. The number of nitrogens with zero attached hydrogens (tertiary/aromatic N) is 4. The summed E-state index contributed by atoms with van der Waals surface area (Å²) in [5.74, 6) is -5.14. The second kappa shape index (κ2) is 17.5. The molecule has 2 aromatic heterocycles. The Labute approximate surface area is 378 Å². The number of ether oxygens (including phenoxy) is 3. The van der Waals surface area contributed by atoms with Crippen LogP contribution in [0.1, 0.15) is 51.7 Å². The van der Waals surface area contributed by atoms with Gasteiger partial charge >= 0.3 is 29.9 Å². The third-order valence-electron chi connectivity index (χ3n) is 12.6. The van der Waals surface area contributed by atoms with Crippen molar-refractivity contribution in [3.63, 3.8) is 0 Å². The predicted octanol–water partition coefficient (Wildman–Crippen LogP) is 4.59. The first-order chi connectivity index (χ1) is 28.8. The Balaban J connectivity index is 0.000000130. The maximum atomic E-state index is 12.8. The van der Waals surface area contributed by atoms with Crippen molar-refractivity contribution in [2.75, 3.05) is 0 Å². The van der Waals surface area contributed by atoms with Gasteiger partial charge in [-0.25, -0.2) is 14.8 Å². The zero-order valence-electron chi connectivity index (χ0n) is 33.5. The first kappa shape index (κ1) is 44.8. The van der Waals surface area contributed by atoms with Crippen molar-refractivity contribution in [3.05, 3.63) is 104 Å². The Kier molecular flexibility index (Phi) is 12.8. The number of aliphatic carboxylic acids is 1. The third-order valence-corrected chi connectivity index (χ3v) is 14.0. The molecular formula is C43H46I2N4O12. The first-order valence-electron chi connectivity index (χ1n) is 19.8. The van der Waals surface area contributed by atoms with Crippen LogP contribution in [0.15, 0.2) is 86.0 Å². The summed E-state index contributed by atoms with van der Waals surface area (Å²) in [6.07, 6.45) is 8.04. The number of halogens is 2. The lowest BCUT2D eigenvalue weighted by Crippen LogP contribution is -2.43. The zero-order chi connectivity index (χ0) is 44.1. The molecule has 6 aliphatic rings. The number of benzene rings is 2. The lowest BCUT2D eigenvalue weighted by atomic mass is 9.78. The predicted molar refractivity (Wildman–Crippen MR) is 230 cm³/mol. The monoisotopic (exact) mass is 1060 g/mol. The van der Waals surface area contributed by atoms with E-state index in [0.717, 1.165) is 14.7 Å². The highest BCUT2D eigenvalue weighted by Gasteiger charge is 2.69. The minimum absolute atomic E-state index is 0.0449. The minimum atomic E-state index is -0.987. The Morgan fingerprint density at radius 3 is 1.54 bits per heavy atom. The van der Waals surface area contributed by atoms with Gasteiger partial charge in [0.15, 0.2) is 0 Å². The fourth-order valence-corrected chi connectivity index (χ4v) is 10.4. The molecule has 12 atom stereocenters. The Morgan fingerprint density at radius 2 is 1.13 bits per heavy atom. The van der Waals surface area contributed by atoms with Crippen LogP contribution in [-0.4, -0.2) is 93.9 Å². The molecule has 0 amide bonds. The van der Waals surface area contributed by atoms with E-state index in [-0.39, 0.29) is 35.7 Å². The number of esters is 3. The van der Waals surface area contributed by atoms with Crippen LogP contribution in [0, 0.1) is 54.5 Å². The first-order valence-corrected chi connectivity index (χ1v) is 21.9. The van der Waals surface area contributed by atoms with Crippen LogP contribution in [0.4, 0.5) is 4.79 Å². The highest BCUT2D eigenvalue weighted by Crippen LogP contribution is 2.59. The number of hydrogen-bond acceptors (Lipinski definition) is 13. The van der Waals surface area contributed by atoms with E-state index in [4.69, 9.17) is 19.3 Å². The molecule has 2 saturated heterocycles. The minimum Gasteiger partial charge on any atom is -0.481 e. The highest BCUT2D eigenvalue weighted by molar-refractivity contribution is 14.1. The molecule has 324 valence electrons. The Morgan fingerprint density at radius 1 is 0.705 bits per heavy atom. The summed E-state index contributed by atoms with van der Waals surface area (Å²) in [6.45, 7) is 7.25. The van der Waals surface area contributed by atoms with Gasteiger partial charge in [-0.1, -0.05) is 24.3 Å². The van der Waals surface area contributed by atoms with Gasteiger partial charge in [-0.15, -0.1) is 0 Å². The molecule has 4 bridgehead atoms. The molecular weight excluding hydrogens is 1020 g/mol. The summed E-state index contributed by atoms with van der Waals surface area (Å²) in [5.41, 5.74) is 0.338. The summed E-state index contributed by atoms with van der Waals surface area (Å²) in [7, 11) is 0. The van der Waals surface area contributed by atoms with Crippen molar-refractivity contribution >= 4 is 75.1 Å². The van der Waals surface area contributed by atoms with Gasteiger partial charge in [0.25, 0.3) is 0 Å². The number of aliphatic hydroxyl groups excluding tert-OH is 2. The van der Waals surface area contributed by atoms with Gasteiger partial charge in [-0.05, 0) is 121 Å². The van der Waals surface area contributed by atoms with Crippen molar-refractivity contribution in [1.82, 2.24) is 19.1 Å². The smallest absolute Gasteiger partial charge is 0.338 e. The van der Waals surface area contributed by atoms with Gasteiger partial charge in [0.2, 0.25) is 0 Å². The average Bonchev–Trinajstić information content (AvgIpc) is 4.07. The number of hydrogen-bond donors (Lipinski definition) is 4. The fourth-order valence-electron chi connectivity index (χ4n) is 9.66. The highest BCUT2D eigenvalue weighted by atomic mass is 127. The second-order valence-electron chi connectivity index (χ2n) is 17.1. The third kappa shape index (κ3) is 8.87. The molecule has 4 saturated carbocycles. The largest absolute Gasteiger partial charge is 0.481 e. The standard InChI is InChI=1S/C18H19IO5.C9H11IO.C9H10O5.C7H6N4O/c1-18(2,8-3-5-9(19)6-4-8)24-17(22)12-10-7-11-13(12)16(21)23-15(11)14(10)20;1-9(2,11)7-3-5-8(10)6-4-7;10-6-2-1-3-5(4(2)8(11)12)9(13)14-7(3)6;12-7(10-3-1-8-5-10)11-4-2-9-6-11/h3-6,10-15,20H,7H2,1-2H3;3-6,11H,1-2H3;2-7,10H,1H2,(H,11,12);1-6H. The van der Waals surface area contributed by atoms with Gasteiger partial charge in [0, 0.05) is 55.6 Å². The molecule has 4 aliphatic carbocycles. The number of imidazole rings is 2. The van der Waals surface area contributed by atoms with E-state index < -0.39 is 77.2 Å². The molecule has 4 aromatic rings.